The number of benzene rings is 1. The molecule has 7 nitrogen and oxygen atoms in total. The molecule has 2 aromatic rings. The molecule has 7 heteroatoms. The Labute approximate surface area is 145 Å². The van der Waals surface area contributed by atoms with Gasteiger partial charge in [-0.05, 0) is 37.5 Å². The number of hydrazine groups is 1. The maximum atomic E-state index is 12.1. The first kappa shape index (κ1) is 16.8. The lowest BCUT2D eigenvalue weighted by molar-refractivity contribution is -0.120. The van der Waals surface area contributed by atoms with E-state index in [4.69, 9.17) is 0 Å². The van der Waals surface area contributed by atoms with Crippen LogP contribution < -0.4 is 15.8 Å². The van der Waals surface area contributed by atoms with Gasteiger partial charge in [0.15, 0.2) is 5.78 Å². The molecule has 0 saturated heterocycles. The SMILES string of the molecule is CC(=O)c1c[nH]c(C(=O)NNC(=O)CN2CCCc3ccccc32)c1. The standard InChI is InChI=1S/C18H20N4O3/c1-12(23)14-9-15(19-10-14)18(25)21-20-17(24)11-22-8-4-6-13-5-2-3-7-16(13)22/h2-3,5,7,9-10,19H,4,6,8,11H2,1H3,(H,20,24)(H,21,25). The van der Waals surface area contributed by atoms with E-state index in [2.05, 4.69) is 21.9 Å². The van der Waals surface area contributed by atoms with Crippen LogP contribution in [0.1, 0.15) is 39.8 Å². The molecule has 1 aromatic carbocycles. The fourth-order valence-electron chi connectivity index (χ4n) is 2.91. The average molecular weight is 340 g/mol. The lowest BCUT2D eigenvalue weighted by Gasteiger charge is -2.30. The van der Waals surface area contributed by atoms with Crippen molar-refractivity contribution in [1.29, 1.82) is 0 Å². The fraction of sp³-hybridized carbons (Fsp3) is 0.278. The molecule has 130 valence electrons. The van der Waals surface area contributed by atoms with Gasteiger partial charge in [-0.25, -0.2) is 0 Å². The molecular formula is C18H20N4O3. The topological polar surface area (TPSA) is 94.3 Å². The number of fused-ring (bicyclic) bond motifs is 1. The van der Waals surface area contributed by atoms with E-state index >= 15 is 0 Å². The number of para-hydroxylation sites is 1. The van der Waals surface area contributed by atoms with Gasteiger partial charge in [0.2, 0.25) is 0 Å². The van der Waals surface area contributed by atoms with Crippen molar-refractivity contribution in [3.05, 3.63) is 53.3 Å². The molecule has 3 rings (SSSR count). The van der Waals surface area contributed by atoms with Gasteiger partial charge < -0.3 is 9.88 Å². The Kier molecular flexibility index (Phi) is 4.83. The van der Waals surface area contributed by atoms with Gasteiger partial charge in [-0.2, -0.15) is 0 Å². The van der Waals surface area contributed by atoms with E-state index in [0.717, 1.165) is 25.1 Å². The third-order valence-electron chi connectivity index (χ3n) is 4.19. The second-order valence-corrected chi connectivity index (χ2v) is 6.01. The van der Waals surface area contributed by atoms with Crippen LogP contribution in [0.3, 0.4) is 0 Å². The van der Waals surface area contributed by atoms with E-state index in [1.165, 1.54) is 24.8 Å². The van der Waals surface area contributed by atoms with E-state index in [0.29, 0.717) is 5.56 Å². The highest BCUT2D eigenvalue weighted by Gasteiger charge is 2.19. The van der Waals surface area contributed by atoms with Crippen molar-refractivity contribution >= 4 is 23.3 Å². The zero-order valence-electron chi connectivity index (χ0n) is 14.0. The maximum absolute atomic E-state index is 12.1. The van der Waals surface area contributed by atoms with Crippen LogP contribution >= 0.6 is 0 Å². The van der Waals surface area contributed by atoms with Gasteiger partial charge in [0.25, 0.3) is 11.8 Å². The number of nitrogens with zero attached hydrogens (tertiary/aromatic N) is 1. The highest BCUT2D eigenvalue weighted by atomic mass is 16.2. The molecule has 1 aliphatic heterocycles. The largest absolute Gasteiger partial charge is 0.362 e. The first-order valence-electron chi connectivity index (χ1n) is 8.16. The summed E-state index contributed by atoms with van der Waals surface area (Å²) in [6, 6.07) is 9.47. The number of hydrogen-bond acceptors (Lipinski definition) is 4. The van der Waals surface area contributed by atoms with Crippen LogP contribution in [0.4, 0.5) is 5.69 Å². The van der Waals surface area contributed by atoms with Crippen molar-refractivity contribution in [1.82, 2.24) is 15.8 Å². The molecule has 3 N–H and O–H groups in total. The van der Waals surface area contributed by atoms with Crippen LogP contribution in [0, 0.1) is 0 Å². The highest BCUT2D eigenvalue weighted by Crippen LogP contribution is 2.26. The van der Waals surface area contributed by atoms with Gasteiger partial charge in [-0.1, -0.05) is 18.2 Å². The molecule has 0 spiro atoms. The average Bonchev–Trinajstić information content (AvgIpc) is 3.10. The molecular weight excluding hydrogens is 320 g/mol. The van der Waals surface area contributed by atoms with Crippen molar-refractivity contribution in [2.24, 2.45) is 0 Å². The molecule has 0 unspecified atom stereocenters. The number of Topliss-reactive ketones (excluding diaryl/α,β-unsaturated/α-hetero) is 1. The maximum Gasteiger partial charge on any atom is 0.286 e. The number of amides is 2. The number of rotatable bonds is 4. The summed E-state index contributed by atoms with van der Waals surface area (Å²) in [5.74, 6) is -0.939. The van der Waals surface area contributed by atoms with Crippen LogP contribution in [0.2, 0.25) is 0 Å². The Morgan fingerprint density at radius 1 is 1.20 bits per heavy atom. The molecule has 0 aliphatic carbocycles. The molecule has 1 aliphatic rings. The number of nitrogens with one attached hydrogen (secondary N) is 3. The first-order valence-corrected chi connectivity index (χ1v) is 8.16. The van der Waals surface area contributed by atoms with E-state index < -0.39 is 5.91 Å². The summed E-state index contributed by atoms with van der Waals surface area (Å²) in [4.78, 5) is 40.1. The molecule has 25 heavy (non-hydrogen) atoms. The van der Waals surface area contributed by atoms with Gasteiger partial charge in [0, 0.05) is 24.0 Å². The predicted molar refractivity (Wildman–Crippen MR) is 93.4 cm³/mol. The summed E-state index contributed by atoms with van der Waals surface area (Å²) in [5.41, 5.74) is 7.69. The number of aryl methyl sites for hydroxylation is 1. The highest BCUT2D eigenvalue weighted by molar-refractivity contribution is 5.99. The van der Waals surface area contributed by atoms with Crippen molar-refractivity contribution in [2.45, 2.75) is 19.8 Å². The quantitative estimate of drug-likeness (QED) is 0.580. The minimum atomic E-state index is -0.500. The normalized spacial score (nSPS) is 13.1. The van der Waals surface area contributed by atoms with Crippen molar-refractivity contribution in [3.8, 4) is 0 Å². The number of carbonyl (C=O) groups is 3. The second-order valence-electron chi connectivity index (χ2n) is 6.01. The number of aromatic amines is 1. The van der Waals surface area contributed by atoms with Crippen molar-refractivity contribution < 1.29 is 14.4 Å². The summed E-state index contributed by atoms with van der Waals surface area (Å²) < 4.78 is 0. The zero-order valence-corrected chi connectivity index (χ0v) is 14.0. The number of ketones is 1. The fourth-order valence-corrected chi connectivity index (χ4v) is 2.91. The second kappa shape index (κ2) is 7.21. The molecule has 0 radical (unpaired) electrons. The Bertz CT molecular complexity index is 812. The van der Waals surface area contributed by atoms with Crippen LogP contribution in [-0.4, -0.2) is 35.7 Å². The van der Waals surface area contributed by atoms with Crippen LogP contribution in [0.25, 0.3) is 0 Å². The molecule has 0 atom stereocenters. The molecule has 0 bridgehead atoms. The number of aromatic nitrogens is 1. The van der Waals surface area contributed by atoms with Gasteiger partial charge in [0.1, 0.15) is 5.69 Å². The van der Waals surface area contributed by atoms with Gasteiger partial charge in [-0.3, -0.25) is 25.2 Å². The Morgan fingerprint density at radius 2 is 2.00 bits per heavy atom. The Hall–Kier alpha value is -3.09. The third kappa shape index (κ3) is 3.88. The summed E-state index contributed by atoms with van der Waals surface area (Å²) >= 11 is 0. The van der Waals surface area contributed by atoms with Crippen LogP contribution in [-0.2, 0) is 11.2 Å². The monoisotopic (exact) mass is 340 g/mol. The summed E-state index contributed by atoms with van der Waals surface area (Å²) in [6.45, 7) is 2.39. The summed E-state index contributed by atoms with van der Waals surface area (Å²) in [7, 11) is 0. The molecule has 0 saturated carbocycles. The first-order chi connectivity index (χ1) is 12.0. The van der Waals surface area contributed by atoms with E-state index in [1.807, 2.05) is 23.1 Å². The minimum Gasteiger partial charge on any atom is -0.362 e. The van der Waals surface area contributed by atoms with Gasteiger partial charge in [-0.15, -0.1) is 0 Å². The van der Waals surface area contributed by atoms with Crippen LogP contribution in [0.15, 0.2) is 36.5 Å². The predicted octanol–water partition coefficient (Wildman–Crippen LogP) is 1.43. The third-order valence-corrected chi connectivity index (χ3v) is 4.19. The molecule has 0 fully saturated rings. The number of hydrogen-bond donors (Lipinski definition) is 3. The number of anilines is 1. The van der Waals surface area contributed by atoms with Gasteiger partial charge in [0.05, 0.1) is 6.54 Å². The minimum absolute atomic E-state index is 0.136. The zero-order chi connectivity index (χ0) is 17.8. The van der Waals surface area contributed by atoms with Crippen LogP contribution in [0.5, 0.6) is 0 Å². The lowest BCUT2D eigenvalue weighted by atomic mass is 10.0. The van der Waals surface area contributed by atoms with E-state index in [1.54, 1.807) is 0 Å². The Morgan fingerprint density at radius 3 is 2.76 bits per heavy atom. The molecule has 1 aromatic heterocycles. The smallest absolute Gasteiger partial charge is 0.286 e. The van der Waals surface area contributed by atoms with Gasteiger partial charge >= 0.3 is 0 Å². The summed E-state index contributed by atoms with van der Waals surface area (Å²) in [5, 5.41) is 0. The van der Waals surface area contributed by atoms with E-state index in [9.17, 15) is 14.4 Å². The number of H-pyrrole nitrogens is 1. The van der Waals surface area contributed by atoms with Crippen molar-refractivity contribution in [2.75, 3.05) is 18.0 Å². The molecule has 2 heterocycles. The van der Waals surface area contributed by atoms with Crippen molar-refractivity contribution in [3.63, 3.8) is 0 Å². The summed E-state index contributed by atoms with van der Waals surface area (Å²) in [6.07, 6.45) is 3.47. The Balaban J connectivity index is 1.55. The number of carbonyl (C=O) groups excluding carboxylic acids is 3. The van der Waals surface area contributed by atoms with E-state index in [-0.39, 0.29) is 23.9 Å². The lowest BCUT2D eigenvalue weighted by Crippen LogP contribution is -2.47. The molecule has 2 amide bonds.